The number of nitrogens with one attached hydrogen (secondary N) is 1. The van der Waals surface area contributed by atoms with Gasteiger partial charge in [-0.2, -0.15) is 5.10 Å². The van der Waals surface area contributed by atoms with E-state index in [-0.39, 0.29) is 17.0 Å². The Hall–Kier alpha value is -2.38. The van der Waals surface area contributed by atoms with Crippen LogP contribution in [0.25, 0.3) is 11.3 Å². The van der Waals surface area contributed by atoms with Crippen molar-refractivity contribution in [2.75, 3.05) is 19.6 Å². The normalized spacial score (nSPS) is 12.1. The number of ether oxygens (including phenoxy) is 2. The first-order valence-corrected chi connectivity index (χ1v) is 9.19. The Morgan fingerprint density at radius 2 is 1.89 bits per heavy atom. The standard InChI is InChI=1S/C20H19N3O2S.BrH/c1-24-16-9-7-13(11-17(16)25-2)12-21-23-20-22-19-15-6-4-3-5-14(15)8-10-18(19)26-20;/h3-7,9,11-12H,8,10H2,1-2H3,(H,22,23);1H/p-1/b21-12+;. The molecule has 1 aliphatic carbocycles. The lowest BCUT2D eigenvalue weighted by molar-refractivity contribution is -0.00000563. The van der Waals surface area contributed by atoms with E-state index in [9.17, 15) is 0 Å². The molecule has 0 unspecified atom stereocenters. The summed E-state index contributed by atoms with van der Waals surface area (Å²) in [7, 11) is 3.24. The third kappa shape index (κ3) is 3.99. The number of hydrogen-bond donors (Lipinski definition) is 1. The van der Waals surface area contributed by atoms with Gasteiger partial charge in [0.1, 0.15) is 0 Å². The van der Waals surface area contributed by atoms with E-state index >= 15 is 0 Å². The van der Waals surface area contributed by atoms with Crippen LogP contribution in [0.15, 0.2) is 47.6 Å². The molecule has 0 fully saturated rings. The smallest absolute Gasteiger partial charge is 0.204 e. The molecule has 1 aromatic heterocycles. The highest BCUT2D eigenvalue weighted by molar-refractivity contribution is 7.16. The maximum absolute atomic E-state index is 5.31. The first-order chi connectivity index (χ1) is 12.8. The Morgan fingerprint density at radius 3 is 2.70 bits per heavy atom. The zero-order chi connectivity index (χ0) is 17.9. The van der Waals surface area contributed by atoms with Crippen molar-refractivity contribution in [3.63, 3.8) is 0 Å². The molecule has 0 saturated heterocycles. The van der Waals surface area contributed by atoms with Crippen molar-refractivity contribution in [3.05, 3.63) is 58.5 Å². The van der Waals surface area contributed by atoms with Gasteiger partial charge in [-0.3, -0.25) is 5.43 Å². The molecule has 7 heteroatoms. The molecule has 1 N–H and O–H groups in total. The van der Waals surface area contributed by atoms with Gasteiger partial charge in [-0.25, -0.2) is 4.98 Å². The lowest BCUT2D eigenvalue weighted by Gasteiger charge is -2.13. The number of fused-ring (bicyclic) bond motifs is 3. The molecule has 0 atom stereocenters. The molecule has 4 rings (SSSR count). The third-order valence-corrected chi connectivity index (χ3v) is 5.39. The van der Waals surface area contributed by atoms with E-state index in [1.807, 2.05) is 18.2 Å². The number of rotatable bonds is 5. The summed E-state index contributed by atoms with van der Waals surface area (Å²) in [6.07, 6.45) is 3.85. The maximum atomic E-state index is 5.31. The fraction of sp³-hybridized carbons (Fsp3) is 0.200. The van der Waals surface area contributed by atoms with Crippen LogP contribution < -0.4 is 31.9 Å². The quantitative estimate of drug-likeness (QED) is 0.477. The van der Waals surface area contributed by atoms with Crippen LogP contribution in [0.1, 0.15) is 16.0 Å². The summed E-state index contributed by atoms with van der Waals surface area (Å²) < 4.78 is 10.6. The maximum Gasteiger partial charge on any atom is 0.204 e. The summed E-state index contributed by atoms with van der Waals surface area (Å²) in [6.45, 7) is 0. The Labute approximate surface area is 172 Å². The predicted molar refractivity (Wildman–Crippen MR) is 106 cm³/mol. The summed E-state index contributed by atoms with van der Waals surface area (Å²) in [6, 6.07) is 14.1. The molecule has 3 aromatic rings. The lowest BCUT2D eigenvalue weighted by Crippen LogP contribution is -3.00. The molecule has 0 aliphatic heterocycles. The molecule has 1 aliphatic rings. The van der Waals surface area contributed by atoms with Gasteiger partial charge in [0.2, 0.25) is 5.13 Å². The van der Waals surface area contributed by atoms with Gasteiger partial charge >= 0.3 is 0 Å². The minimum absolute atomic E-state index is 0. The molecule has 140 valence electrons. The number of aryl methyl sites for hydroxylation is 2. The average Bonchev–Trinajstić information content (AvgIpc) is 3.11. The number of halogens is 1. The molecule has 0 radical (unpaired) electrons. The first-order valence-electron chi connectivity index (χ1n) is 8.37. The molecule has 2 aromatic carbocycles. The SMILES string of the molecule is COc1ccc(/C=N/Nc2nc3c(s2)CCc2ccccc2-3)cc1OC.[Br-]. The molecular formula is C20H19BrN3O2S-. The van der Waals surface area contributed by atoms with Gasteiger partial charge in [0, 0.05) is 10.4 Å². The van der Waals surface area contributed by atoms with Crippen LogP contribution >= 0.6 is 11.3 Å². The highest BCUT2D eigenvalue weighted by Gasteiger charge is 2.20. The minimum Gasteiger partial charge on any atom is -1.00 e. The van der Waals surface area contributed by atoms with Gasteiger partial charge < -0.3 is 26.5 Å². The summed E-state index contributed by atoms with van der Waals surface area (Å²) >= 11 is 1.67. The van der Waals surface area contributed by atoms with Crippen LogP contribution in [0.3, 0.4) is 0 Å². The van der Waals surface area contributed by atoms with E-state index in [0.717, 1.165) is 29.2 Å². The van der Waals surface area contributed by atoms with E-state index in [1.54, 1.807) is 31.8 Å². The Bertz CT molecular complexity index is 972. The van der Waals surface area contributed by atoms with E-state index in [2.05, 4.69) is 34.8 Å². The van der Waals surface area contributed by atoms with Crippen molar-refractivity contribution in [2.24, 2.45) is 5.10 Å². The summed E-state index contributed by atoms with van der Waals surface area (Å²) in [5, 5.41) is 5.13. The Kier molecular flexibility index (Phi) is 6.13. The Balaban J connectivity index is 0.00000210. The Morgan fingerprint density at radius 1 is 1.07 bits per heavy atom. The van der Waals surface area contributed by atoms with E-state index < -0.39 is 0 Å². The molecule has 27 heavy (non-hydrogen) atoms. The van der Waals surface area contributed by atoms with Gasteiger partial charge in [-0.15, -0.1) is 0 Å². The van der Waals surface area contributed by atoms with Crippen molar-refractivity contribution < 1.29 is 26.5 Å². The van der Waals surface area contributed by atoms with E-state index in [0.29, 0.717) is 11.5 Å². The fourth-order valence-corrected chi connectivity index (χ4v) is 4.02. The number of hydrazone groups is 1. The zero-order valence-electron chi connectivity index (χ0n) is 15.0. The molecule has 0 saturated carbocycles. The number of methoxy groups -OCH3 is 2. The number of thiazole rings is 1. The predicted octanol–water partition coefficient (Wildman–Crippen LogP) is 1.38. The van der Waals surface area contributed by atoms with Crippen LogP contribution in [0.2, 0.25) is 0 Å². The van der Waals surface area contributed by atoms with Gasteiger partial charge in [-0.05, 0) is 42.2 Å². The summed E-state index contributed by atoms with van der Waals surface area (Å²) in [4.78, 5) is 6.05. The van der Waals surface area contributed by atoms with Gasteiger partial charge in [0.15, 0.2) is 11.5 Å². The zero-order valence-corrected chi connectivity index (χ0v) is 17.4. The first kappa shape index (κ1) is 19.4. The van der Waals surface area contributed by atoms with Crippen molar-refractivity contribution >= 4 is 22.7 Å². The minimum atomic E-state index is 0. The molecule has 5 nitrogen and oxygen atoms in total. The second-order valence-electron chi connectivity index (χ2n) is 5.93. The van der Waals surface area contributed by atoms with E-state index in [1.165, 1.54) is 16.0 Å². The molecule has 0 bridgehead atoms. The molecule has 0 spiro atoms. The van der Waals surface area contributed by atoms with Crippen LogP contribution in [-0.4, -0.2) is 25.4 Å². The van der Waals surface area contributed by atoms with E-state index in [4.69, 9.17) is 14.5 Å². The van der Waals surface area contributed by atoms with Gasteiger partial charge in [-0.1, -0.05) is 35.6 Å². The fourth-order valence-electron chi connectivity index (χ4n) is 3.09. The number of anilines is 1. The molecular weight excluding hydrogens is 426 g/mol. The van der Waals surface area contributed by atoms with Crippen molar-refractivity contribution in [3.8, 4) is 22.8 Å². The van der Waals surface area contributed by atoms with Crippen molar-refractivity contribution in [1.29, 1.82) is 0 Å². The van der Waals surface area contributed by atoms with Gasteiger partial charge in [0.25, 0.3) is 0 Å². The lowest BCUT2D eigenvalue weighted by atomic mass is 9.94. The summed E-state index contributed by atoms with van der Waals surface area (Å²) in [5.41, 5.74) is 7.66. The summed E-state index contributed by atoms with van der Waals surface area (Å²) in [5.74, 6) is 1.38. The third-order valence-electron chi connectivity index (χ3n) is 4.37. The van der Waals surface area contributed by atoms with Crippen LogP contribution in [0.5, 0.6) is 11.5 Å². The topological polar surface area (TPSA) is 55.7 Å². The molecule has 1 heterocycles. The second-order valence-corrected chi connectivity index (χ2v) is 7.02. The largest absolute Gasteiger partial charge is 1.00 e. The highest BCUT2D eigenvalue weighted by atomic mass is 79.9. The number of aromatic nitrogens is 1. The molecule has 0 amide bonds. The monoisotopic (exact) mass is 444 g/mol. The number of hydrogen-bond acceptors (Lipinski definition) is 6. The van der Waals surface area contributed by atoms with Crippen LogP contribution in [0, 0.1) is 0 Å². The number of benzene rings is 2. The number of nitrogens with zero attached hydrogens (tertiary/aromatic N) is 2. The average molecular weight is 445 g/mol. The van der Waals surface area contributed by atoms with Crippen LogP contribution in [-0.2, 0) is 12.8 Å². The highest BCUT2D eigenvalue weighted by Crippen LogP contribution is 2.37. The second kappa shape index (κ2) is 8.54. The van der Waals surface area contributed by atoms with Gasteiger partial charge in [0.05, 0.1) is 26.1 Å². The van der Waals surface area contributed by atoms with Crippen molar-refractivity contribution in [1.82, 2.24) is 4.98 Å². The van der Waals surface area contributed by atoms with Crippen LogP contribution in [0.4, 0.5) is 5.13 Å². The van der Waals surface area contributed by atoms with Crippen molar-refractivity contribution in [2.45, 2.75) is 12.8 Å².